The van der Waals surface area contributed by atoms with Gasteiger partial charge in [-0.3, -0.25) is 14.9 Å². The average molecular weight is 460 g/mol. The first kappa shape index (κ1) is 22.7. The summed E-state index contributed by atoms with van der Waals surface area (Å²) in [6.45, 7) is 2.09. The normalized spacial score (nSPS) is 14.9. The fraction of sp³-hybridized carbons (Fsp3) is 0.115. The number of nitrogens with one attached hydrogen (secondary N) is 1. The molecule has 0 atom stereocenters. The number of imide groups is 2. The zero-order valence-corrected chi connectivity index (χ0v) is 18.5. The van der Waals surface area contributed by atoms with E-state index in [0.29, 0.717) is 22.7 Å². The van der Waals surface area contributed by atoms with Crippen LogP contribution < -0.4 is 19.7 Å². The van der Waals surface area contributed by atoms with Gasteiger partial charge in [0.1, 0.15) is 18.0 Å². The summed E-state index contributed by atoms with van der Waals surface area (Å²) in [6, 6.07) is 16.8. The van der Waals surface area contributed by atoms with Crippen molar-refractivity contribution in [1.29, 1.82) is 0 Å². The van der Waals surface area contributed by atoms with Gasteiger partial charge in [-0.2, -0.15) is 0 Å². The Morgan fingerprint density at radius 2 is 1.65 bits per heavy atom. The molecule has 0 bridgehead atoms. The largest absolute Gasteiger partial charge is 0.493 e. The van der Waals surface area contributed by atoms with Gasteiger partial charge < -0.3 is 9.47 Å². The van der Waals surface area contributed by atoms with E-state index in [2.05, 4.69) is 5.32 Å². The number of nitrogens with zero attached hydrogens (tertiary/aromatic N) is 1. The summed E-state index contributed by atoms with van der Waals surface area (Å²) in [5, 5.41) is 2.20. The monoisotopic (exact) mass is 460 g/mol. The number of amides is 4. The highest BCUT2D eigenvalue weighted by molar-refractivity contribution is 6.39. The molecule has 0 radical (unpaired) electrons. The summed E-state index contributed by atoms with van der Waals surface area (Å²) < 4.78 is 24.2. The molecule has 4 rings (SSSR count). The van der Waals surface area contributed by atoms with Crippen molar-refractivity contribution in [2.45, 2.75) is 13.5 Å². The number of methoxy groups -OCH3 is 1. The van der Waals surface area contributed by atoms with Gasteiger partial charge in [0, 0.05) is 0 Å². The first-order chi connectivity index (χ1) is 16.4. The van der Waals surface area contributed by atoms with Gasteiger partial charge in [-0.1, -0.05) is 35.9 Å². The molecule has 8 heteroatoms. The van der Waals surface area contributed by atoms with E-state index in [-0.39, 0.29) is 18.0 Å². The standard InChI is InChI=1S/C26H21FN2O5/c1-16-3-10-20(11-4-16)29-25(31)21(24(30)28-26(29)32)13-18-7-12-22(23(14-18)33-2)34-15-17-5-8-19(27)9-6-17/h3-14H,15H2,1-2H3,(H,28,30,32)/b21-13+. The van der Waals surface area contributed by atoms with Crippen molar-refractivity contribution in [3.8, 4) is 11.5 Å². The first-order valence-electron chi connectivity index (χ1n) is 10.4. The number of carbonyl (C=O) groups is 3. The molecule has 172 valence electrons. The lowest BCUT2D eigenvalue weighted by Gasteiger charge is -2.26. The van der Waals surface area contributed by atoms with Gasteiger partial charge >= 0.3 is 6.03 Å². The molecule has 4 amide bonds. The molecule has 3 aromatic carbocycles. The summed E-state index contributed by atoms with van der Waals surface area (Å²) in [5.41, 5.74) is 2.41. The molecular formula is C26H21FN2O5. The lowest BCUT2D eigenvalue weighted by atomic mass is 10.1. The quantitative estimate of drug-likeness (QED) is 0.436. The molecule has 1 aliphatic heterocycles. The second-order valence-corrected chi connectivity index (χ2v) is 7.62. The molecule has 0 saturated carbocycles. The third kappa shape index (κ3) is 4.80. The minimum atomic E-state index is -0.807. The predicted octanol–water partition coefficient (Wildman–Crippen LogP) is 4.39. The number of benzene rings is 3. The number of barbiturate groups is 1. The molecule has 0 aromatic heterocycles. The Balaban J connectivity index is 1.58. The van der Waals surface area contributed by atoms with Gasteiger partial charge in [0.05, 0.1) is 12.8 Å². The third-order valence-corrected chi connectivity index (χ3v) is 5.20. The number of hydrogen-bond acceptors (Lipinski definition) is 5. The van der Waals surface area contributed by atoms with Crippen molar-refractivity contribution >= 4 is 29.6 Å². The van der Waals surface area contributed by atoms with E-state index < -0.39 is 17.8 Å². The van der Waals surface area contributed by atoms with Crippen LogP contribution in [-0.2, 0) is 16.2 Å². The highest BCUT2D eigenvalue weighted by Crippen LogP contribution is 2.30. The number of urea groups is 1. The Hall–Kier alpha value is -4.46. The van der Waals surface area contributed by atoms with Crippen LogP contribution in [0, 0.1) is 12.7 Å². The Bertz CT molecular complexity index is 1280. The maximum absolute atomic E-state index is 13.1. The summed E-state index contributed by atoms with van der Waals surface area (Å²) in [6.07, 6.45) is 1.39. The number of rotatable bonds is 6. The van der Waals surface area contributed by atoms with E-state index >= 15 is 0 Å². The first-order valence-corrected chi connectivity index (χ1v) is 10.4. The lowest BCUT2D eigenvalue weighted by molar-refractivity contribution is -0.122. The van der Waals surface area contributed by atoms with Crippen LogP contribution in [0.2, 0.25) is 0 Å². The van der Waals surface area contributed by atoms with Crippen LogP contribution >= 0.6 is 0 Å². The molecule has 1 fully saturated rings. The molecule has 3 aromatic rings. The Morgan fingerprint density at radius 3 is 2.32 bits per heavy atom. The molecular weight excluding hydrogens is 439 g/mol. The number of halogens is 1. The molecule has 7 nitrogen and oxygen atoms in total. The molecule has 1 saturated heterocycles. The number of carbonyl (C=O) groups excluding carboxylic acids is 3. The Kier molecular flexibility index (Phi) is 6.40. The summed E-state index contributed by atoms with van der Waals surface area (Å²) in [4.78, 5) is 38.7. The van der Waals surface area contributed by atoms with Crippen LogP contribution in [0.25, 0.3) is 6.08 Å². The van der Waals surface area contributed by atoms with Gasteiger partial charge in [0.15, 0.2) is 11.5 Å². The maximum atomic E-state index is 13.1. The summed E-state index contributed by atoms with van der Waals surface area (Å²) in [5.74, 6) is -1.03. The van der Waals surface area contributed by atoms with Crippen molar-refractivity contribution in [3.63, 3.8) is 0 Å². The molecule has 0 spiro atoms. The second-order valence-electron chi connectivity index (χ2n) is 7.62. The molecule has 1 N–H and O–H groups in total. The number of aryl methyl sites for hydroxylation is 1. The van der Waals surface area contributed by atoms with Crippen LogP contribution in [-0.4, -0.2) is 25.0 Å². The van der Waals surface area contributed by atoms with Gasteiger partial charge in [0.25, 0.3) is 11.8 Å². The van der Waals surface area contributed by atoms with Crippen LogP contribution in [0.4, 0.5) is 14.9 Å². The highest BCUT2D eigenvalue weighted by atomic mass is 19.1. The number of ether oxygens (including phenoxy) is 2. The van der Waals surface area contributed by atoms with Crippen molar-refractivity contribution in [2.24, 2.45) is 0 Å². The van der Waals surface area contributed by atoms with Crippen molar-refractivity contribution < 1.29 is 28.2 Å². The Labute approximate surface area is 195 Å². The van der Waals surface area contributed by atoms with Crippen LogP contribution in [0.15, 0.2) is 72.3 Å². The molecule has 0 unspecified atom stereocenters. The fourth-order valence-electron chi connectivity index (χ4n) is 3.39. The third-order valence-electron chi connectivity index (χ3n) is 5.20. The molecule has 0 aliphatic carbocycles. The smallest absolute Gasteiger partial charge is 0.335 e. The fourth-order valence-corrected chi connectivity index (χ4v) is 3.39. The maximum Gasteiger partial charge on any atom is 0.335 e. The molecule has 34 heavy (non-hydrogen) atoms. The highest BCUT2D eigenvalue weighted by Gasteiger charge is 2.36. The topological polar surface area (TPSA) is 84.9 Å². The second kappa shape index (κ2) is 9.58. The number of anilines is 1. The average Bonchev–Trinajstić information content (AvgIpc) is 2.83. The van der Waals surface area contributed by atoms with E-state index in [9.17, 15) is 18.8 Å². The lowest BCUT2D eigenvalue weighted by Crippen LogP contribution is -2.54. The van der Waals surface area contributed by atoms with Crippen LogP contribution in [0.1, 0.15) is 16.7 Å². The van der Waals surface area contributed by atoms with E-state index in [4.69, 9.17) is 9.47 Å². The van der Waals surface area contributed by atoms with E-state index in [1.807, 2.05) is 6.92 Å². The van der Waals surface area contributed by atoms with E-state index in [1.165, 1.54) is 25.3 Å². The zero-order valence-electron chi connectivity index (χ0n) is 18.5. The minimum absolute atomic E-state index is 0.192. The van der Waals surface area contributed by atoms with Gasteiger partial charge in [-0.05, 0) is 60.5 Å². The SMILES string of the molecule is COc1cc(/C=C2\C(=O)NC(=O)N(c3ccc(C)cc3)C2=O)ccc1OCc1ccc(F)cc1. The van der Waals surface area contributed by atoms with Crippen molar-refractivity contribution in [2.75, 3.05) is 12.0 Å². The van der Waals surface area contributed by atoms with E-state index in [0.717, 1.165) is 16.0 Å². The van der Waals surface area contributed by atoms with Crippen molar-refractivity contribution in [1.82, 2.24) is 5.32 Å². The van der Waals surface area contributed by atoms with Crippen LogP contribution in [0.5, 0.6) is 11.5 Å². The summed E-state index contributed by atoms with van der Waals surface area (Å²) >= 11 is 0. The van der Waals surface area contributed by atoms with E-state index in [1.54, 1.807) is 54.6 Å². The van der Waals surface area contributed by atoms with Gasteiger partial charge in [0.2, 0.25) is 0 Å². The molecule has 1 heterocycles. The zero-order chi connectivity index (χ0) is 24.2. The van der Waals surface area contributed by atoms with Gasteiger partial charge in [-0.15, -0.1) is 0 Å². The predicted molar refractivity (Wildman–Crippen MR) is 124 cm³/mol. The Morgan fingerprint density at radius 1 is 0.941 bits per heavy atom. The van der Waals surface area contributed by atoms with Crippen molar-refractivity contribution in [3.05, 3.63) is 94.8 Å². The summed E-state index contributed by atoms with van der Waals surface area (Å²) in [7, 11) is 1.47. The number of hydrogen-bond donors (Lipinski definition) is 1. The minimum Gasteiger partial charge on any atom is -0.493 e. The van der Waals surface area contributed by atoms with Gasteiger partial charge in [-0.25, -0.2) is 14.1 Å². The van der Waals surface area contributed by atoms with Crippen LogP contribution in [0.3, 0.4) is 0 Å². The molecule has 1 aliphatic rings.